The van der Waals surface area contributed by atoms with Gasteiger partial charge in [-0.2, -0.15) is 0 Å². The van der Waals surface area contributed by atoms with E-state index in [0.29, 0.717) is 0 Å². The third-order valence-electron chi connectivity index (χ3n) is 9.74. The fourth-order valence-electron chi connectivity index (χ4n) is 7.34. The van der Waals surface area contributed by atoms with Gasteiger partial charge in [-0.1, -0.05) is 140 Å². The lowest BCUT2D eigenvalue weighted by molar-refractivity contribution is 0.235. The highest BCUT2D eigenvalue weighted by molar-refractivity contribution is 6.16. The average Bonchev–Trinajstić information content (AvgIpc) is 3.51. The summed E-state index contributed by atoms with van der Waals surface area (Å²) in [5.41, 5.74) is 9.42. The zero-order valence-corrected chi connectivity index (χ0v) is 26.7. The maximum Gasteiger partial charge on any atom is 0.198 e. The summed E-state index contributed by atoms with van der Waals surface area (Å²) in [5.74, 6) is 0.924. The van der Waals surface area contributed by atoms with Crippen LogP contribution in [0.1, 0.15) is 40.7 Å². The van der Waals surface area contributed by atoms with Crippen molar-refractivity contribution in [3.8, 4) is 16.9 Å². The molecule has 0 saturated carbocycles. The number of nitrogens with zero attached hydrogens (tertiary/aromatic N) is 1. The molecule has 2 N–H and O–H groups in total. The number of hydrogen-bond donors (Lipinski definition) is 2. The SMILES string of the molecule is CN1c2c(ccc3ccc4cc(-c5cccc(C6NC(c7ccccc7)=CC(c7ccccc7)N6)c5)ccc4c23)OC1c1ccccc1. The van der Waals surface area contributed by atoms with Crippen LogP contribution in [0, 0.1) is 0 Å². The van der Waals surface area contributed by atoms with Gasteiger partial charge in [0.25, 0.3) is 0 Å². The first kappa shape index (κ1) is 28.4. The summed E-state index contributed by atoms with van der Waals surface area (Å²) in [4.78, 5) is 2.27. The lowest BCUT2D eigenvalue weighted by atomic mass is 9.94. The summed E-state index contributed by atoms with van der Waals surface area (Å²) in [5, 5.41) is 12.5. The van der Waals surface area contributed by atoms with Crippen molar-refractivity contribution < 1.29 is 4.74 Å². The molecule has 48 heavy (non-hydrogen) atoms. The Morgan fingerprint density at radius 1 is 0.562 bits per heavy atom. The molecule has 4 nitrogen and oxygen atoms in total. The zero-order chi connectivity index (χ0) is 32.0. The quantitative estimate of drug-likeness (QED) is 0.188. The number of rotatable bonds is 5. The van der Waals surface area contributed by atoms with E-state index in [-0.39, 0.29) is 18.4 Å². The lowest BCUT2D eigenvalue weighted by Crippen LogP contribution is -2.39. The van der Waals surface area contributed by atoms with Gasteiger partial charge in [0.05, 0.1) is 11.7 Å². The first-order valence-electron chi connectivity index (χ1n) is 16.6. The normalized spacial score (nSPS) is 18.6. The predicted octanol–water partition coefficient (Wildman–Crippen LogP) is 10.2. The Hall–Kier alpha value is -5.84. The summed E-state index contributed by atoms with van der Waals surface area (Å²) < 4.78 is 6.51. The average molecular weight is 622 g/mol. The fraction of sp³-hybridized carbons (Fsp3) is 0.0909. The van der Waals surface area contributed by atoms with Crippen LogP contribution >= 0.6 is 0 Å². The summed E-state index contributed by atoms with van der Waals surface area (Å²) >= 11 is 0. The van der Waals surface area contributed by atoms with Gasteiger partial charge in [-0.25, -0.2) is 0 Å². The van der Waals surface area contributed by atoms with Gasteiger partial charge < -0.3 is 15.0 Å². The minimum absolute atomic E-state index is 0.0598. The van der Waals surface area contributed by atoms with E-state index in [2.05, 4.69) is 180 Å². The van der Waals surface area contributed by atoms with Gasteiger partial charge in [0.1, 0.15) is 11.9 Å². The number of anilines is 1. The highest BCUT2D eigenvalue weighted by Crippen LogP contribution is 2.48. The molecule has 3 atom stereocenters. The van der Waals surface area contributed by atoms with Gasteiger partial charge in [-0.05, 0) is 68.3 Å². The van der Waals surface area contributed by atoms with E-state index in [1.165, 1.54) is 49.4 Å². The van der Waals surface area contributed by atoms with Crippen LogP contribution in [0.25, 0.3) is 38.4 Å². The molecule has 7 aromatic rings. The summed E-state index contributed by atoms with van der Waals surface area (Å²) in [6.07, 6.45) is 2.08. The number of fused-ring (bicyclic) bond motifs is 5. The van der Waals surface area contributed by atoms with Crippen LogP contribution in [0.5, 0.6) is 5.75 Å². The molecule has 0 aromatic heterocycles. The molecular formula is C44H35N3O. The van der Waals surface area contributed by atoms with Crippen molar-refractivity contribution in [2.45, 2.75) is 18.4 Å². The van der Waals surface area contributed by atoms with Crippen LogP contribution in [0.15, 0.2) is 164 Å². The molecule has 0 fully saturated rings. The van der Waals surface area contributed by atoms with Gasteiger partial charge in [0.2, 0.25) is 0 Å². The minimum Gasteiger partial charge on any atom is -0.464 e. The first-order valence-corrected chi connectivity index (χ1v) is 16.6. The van der Waals surface area contributed by atoms with E-state index in [9.17, 15) is 0 Å². The molecule has 3 unspecified atom stereocenters. The van der Waals surface area contributed by atoms with Crippen LogP contribution in [-0.4, -0.2) is 7.05 Å². The molecule has 9 rings (SSSR count). The zero-order valence-electron chi connectivity index (χ0n) is 26.7. The molecule has 0 radical (unpaired) electrons. The van der Waals surface area contributed by atoms with Crippen LogP contribution < -0.4 is 20.3 Å². The van der Waals surface area contributed by atoms with Crippen molar-refractivity contribution >= 4 is 32.9 Å². The molecule has 2 heterocycles. The summed E-state index contributed by atoms with van der Waals surface area (Å²) in [6.45, 7) is 0. The first-order chi connectivity index (χ1) is 23.7. The second-order valence-electron chi connectivity index (χ2n) is 12.7. The van der Waals surface area contributed by atoms with Crippen molar-refractivity contribution in [2.24, 2.45) is 0 Å². The van der Waals surface area contributed by atoms with Gasteiger partial charge in [0.15, 0.2) is 6.23 Å². The van der Waals surface area contributed by atoms with E-state index < -0.39 is 0 Å². The Morgan fingerprint density at radius 3 is 2.00 bits per heavy atom. The second-order valence-corrected chi connectivity index (χ2v) is 12.7. The topological polar surface area (TPSA) is 36.5 Å². The molecule has 0 bridgehead atoms. The Bertz CT molecular complexity index is 2300. The summed E-state index contributed by atoms with van der Waals surface area (Å²) in [7, 11) is 2.13. The predicted molar refractivity (Wildman–Crippen MR) is 198 cm³/mol. The van der Waals surface area contributed by atoms with Crippen molar-refractivity contribution in [3.63, 3.8) is 0 Å². The Kier molecular flexibility index (Phi) is 6.95. The Labute approximate surface area is 280 Å². The maximum absolute atomic E-state index is 6.51. The third-order valence-corrected chi connectivity index (χ3v) is 9.74. The maximum atomic E-state index is 6.51. The third kappa shape index (κ3) is 4.98. The van der Waals surface area contributed by atoms with Crippen molar-refractivity contribution in [3.05, 3.63) is 186 Å². The minimum atomic E-state index is -0.148. The number of benzene rings is 7. The molecule has 0 spiro atoms. The fourth-order valence-corrected chi connectivity index (χ4v) is 7.34. The van der Waals surface area contributed by atoms with Crippen molar-refractivity contribution in [1.29, 1.82) is 0 Å². The largest absolute Gasteiger partial charge is 0.464 e. The molecule has 0 amide bonds. The monoisotopic (exact) mass is 621 g/mol. The van der Waals surface area contributed by atoms with Gasteiger partial charge in [-0.3, -0.25) is 5.32 Å². The highest BCUT2D eigenvalue weighted by atomic mass is 16.5. The van der Waals surface area contributed by atoms with Crippen LogP contribution in [0.3, 0.4) is 0 Å². The van der Waals surface area contributed by atoms with Crippen LogP contribution in [0.4, 0.5) is 5.69 Å². The molecule has 2 aliphatic heterocycles. The van der Waals surface area contributed by atoms with Gasteiger partial charge in [-0.15, -0.1) is 0 Å². The molecule has 0 saturated heterocycles. The number of nitrogens with one attached hydrogen (secondary N) is 2. The van der Waals surface area contributed by atoms with Crippen molar-refractivity contribution in [1.82, 2.24) is 10.6 Å². The molecule has 4 heteroatoms. The van der Waals surface area contributed by atoms with E-state index in [1.807, 2.05) is 6.07 Å². The van der Waals surface area contributed by atoms with E-state index in [4.69, 9.17) is 4.74 Å². The van der Waals surface area contributed by atoms with Crippen LogP contribution in [-0.2, 0) is 0 Å². The molecule has 2 aliphatic rings. The van der Waals surface area contributed by atoms with Crippen molar-refractivity contribution in [2.75, 3.05) is 11.9 Å². The standard InChI is InChI=1S/C44H35N3O/c1-47-42-40(48-44(47)32-16-9-4-10-17-32)25-23-31-20-21-35-26-34(22-24-37(35)41(31)42)33-18-11-19-36(27-33)43-45-38(29-12-5-2-6-13-29)28-39(46-43)30-14-7-3-8-15-30/h2-28,38,43-46H,1H3. The van der Waals surface area contributed by atoms with Gasteiger partial charge in [0, 0.05) is 23.7 Å². The molecule has 232 valence electrons. The lowest BCUT2D eigenvalue weighted by Gasteiger charge is -2.33. The second kappa shape index (κ2) is 11.8. The Morgan fingerprint density at radius 2 is 1.21 bits per heavy atom. The van der Waals surface area contributed by atoms with Gasteiger partial charge >= 0.3 is 0 Å². The summed E-state index contributed by atoms with van der Waals surface area (Å²) in [6, 6.07) is 56.3. The number of ether oxygens (including phenoxy) is 1. The van der Waals surface area contributed by atoms with Crippen LogP contribution in [0.2, 0.25) is 0 Å². The van der Waals surface area contributed by atoms with E-state index >= 15 is 0 Å². The van der Waals surface area contributed by atoms with E-state index in [1.54, 1.807) is 0 Å². The Balaban J connectivity index is 1.07. The van der Waals surface area contributed by atoms with E-state index in [0.717, 1.165) is 22.7 Å². The smallest absolute Gasteiger partial charge is 0.198 e. The molecule has 0 aliphatic carbocycles. The number of hydrogen-bond acceptors (Lipinski definition) is 4. The molecular weight excluding hydrogens is 587 g/mol. The highest BCUT2D eigenvalue weighted by Gasteiger charge is 2.31. The molecule has 7 aromatic carbocycles.